The lowest BCUT2D eigenvalue weighted by molar-refractivity contribution is 0.0890. The molecule has 0 saturated carbocycles. The summed E-state index contributed by atoms with van der Waals surface area (Å²) >= 11 is 12.4. The molecule has 0 aliphatic carbocycles. The van der Waals surface area contributed by atoms with Crippen LogP contribution in [0.1, 0.15) is 34.9 Å². The first-order valence-electron chi connectivity index (χ1n) is 11.3. The van der Waals surface area contributed by atoms with Crippen LogP contribution in [0, 0.1) is 11.6 Å². The summed E-state index contributed by atoms with van der Waals surface area (Å²) in [5.41, 5.74) is 1.39. The number of sulfonamides is 1. The number of carbonyl (C=O) groups is 1. The molecule has 9 nitrogen and oxygen atoms in total. The highest BCUT2D eigenvalue weighted by atomic mass is 35.5. The zero-order valence-corrected chi connectivity index (χ0v) is 22.2. The highest BCUT2D eigenvalue weighted by Gasteiger charge is 2.34. The summed E-state index contributed by atoms with van der Waals surface area (Å²) in [5, 5.41) is 10.5. The average molecular weight is 576 g/mol. The van der Waals surface area contributed by atoms with Crippen molar-refractivity contribution >= 4 is 39.1 Å². The molecular weight excluding hydrogens is 551 g/mol. The molecule has 1 unspecified atom stereocenters. The molecule has 0 radical (unpaired) electrons. The van der Waals surface area contributed by atoms with Crippen LogP contribution in [0.4, 0.5) is 8.78 Å². The molecule has 3 atom stereocenters. The summed E-state index contributed by atoms with van der Waals surface area (Å²) in [4.78, 5) is 13.1. The minimum absolute atomic E-state index is 0.0342. The number of aryl methyl sites for hydroxylation is 1. The van der Waals surface area contributed by atoms with Crippen LogP contribution in [-0.2, 0) is 17.1 Å². The number of amides is 1. The molecule has 3 heterocycles. The van der Waals surface area contributed by atoms with Gasteiger partial charge in [0.1, 0.15) is 0 Å². The summed E-state index contributed by atoms with van der Waals surface area (Å²) in [6, 6.07) is 4.46. The molecular formula is C23H25Cl2F2N5O4S. The topological polar surface area (TPSA) is 118 Å². The smallest absolute Gasteiger partial charge is 0.287 e. The van der Waals surface area contributed by atoms with Crippen molar-refractivity contribution < 1.29 is 26.4 Å². The number of nitrogens with one attached hydrogen (secondary N) is 3. The van der Waals surface area contributed by atoms with Crippen molar-refractivity contribution in [1.82, 2.24) is 25.1 Å². The Morgan fingerprint density at radius 1 is 1.27 bits per heavy atom. The molecule has 0 spiro atoms. The highest BCUT2D eigenvalue weighted by Crippen LogP contribution is 2.36. The van der Waals surface area contributed by atoms with Gasteiger partial charge < -0.3 is 15.1 Å². The Labute approximate surface area is 222 Å². The molecule has 1 amide bonds. The predicted octanol–water partition coefficient (Wildman–Crippen LogP) is 3.45. The van der Waals surface area contributed by atoms with E-state index < -0.39 is 33.6 Å². The van der Waals surface area contributed by atoms with Gasteiger partial charge in [-0.2, -0.15) is 5.10 Å². The molecule has 1 saturated heterocycles. The van der Waals surface area contributed by atoms with E-state index in [1.54, 1.807) is 7.05 Å². The lowest BCUT2D eigenvalue weighted by Crippen LogP contribution is -2.54. The van der Waals surface area contributed by atoms with E-state index in [2.05, 4.69) is 20.5 Å². The molecule has 1 fully saturated rings. The number of hydrogen-bond donors (Lipinski definition) is 3. The number of piperidine rings is 1. The monoisotopic (exact) mass is 575 g/mol. The lowest BCUT2D eigenvalue weighted by Gasteiger charge is -2.38. The molecule has 37 heavy (non-hydrogen) atoms. The quantitative estimate of drug-likeness (QED) is 0.378. The number of hydrogen-bond acceptors (Lipinski definition) is 6. The fourth-order valence-corrected chi connectivity index (χ4v) is 5.47. The summed E-state index contributed by atoms with van der Waals surface area (Å²) in [7, 11) is -1.67. The van der Waals surface area contributed by atoms with Crippen molar-refractivity contribution in [3.05, 3.63) is 63.7 Å². The van der Waals surface area contributed by atoms with Gasteiger partial charge in [0.15, 0.2) is 17.4 Å². The number of nitrogens with zero attached hydrogens (tertiary/aromatic N) is 2. The standard InChI is InChI=1S/C23H25Cl2F2N5O4S/c1-32-21(16(24)10-29-32)15-9-20(36-22(15)25)23(33)31-19-11-28-13(5-6-30-37(2,34)35)8-14(19)12-3-4-17(26)18(27)7-12/h3-4,7,9-10,13-14,19,28,30H,5-6,8,11H2,1-2H3,(H,31,33)/t13?,14-,19+/m0/s1. The van der Waals surface area contributed by atoms with Gasteiger partial charge in [0.2, 0.25) is 15.2 Å². The minimum atomic E-state index is -3.34. The number of furan rings is 1. The van der Waals surface area contributed by atoms with Gasteiger partial charge in [-0.3, -0.25) is 9.48 Å². The van der Waals surface area contributed by atoms with Gasteiger partial charge in [0.25, 0.3) is 5.91 Å². The number of carbonyl (C=O) groups excluding carboxylic acids is 1. The maximum Gasteiger partial charge on any atom is 0.287 e. The molecule has 2 aromatic heterocycles. The van der Waals surface area contributed by atoms with Crippen molar-refractivity contribution in [2.75, 3.05) is 19.3 Å². The van der Waals surface area contributed by atoms with Crippen LogP contribution in [0.5, 0.6) is 0 Å². The van der Waals surface area contributed by atoms with E-state index in [0.717, 1.165) is 18.4 Å². The van der Waals surface area contributed by atoms with Crippen LogP contribution < -0.4 is 15.4 Å². The predicted molar refractivity (Wildman–Crippen MR) is 135 cm³/mol. The highest BCUT2D eigenvalue weighted by molar-refractivity contribution is 7.88. The van der Waals surface area contributed by atoms with Crippen LogP contribution in [0.25, 0.3) is 11.3 Å². The Bertz CT molecular complexity index is 1390. The molecule has 200 valence electrons. The van der Waals surface area contributed by atoms with E-state index >= 15 is 0 Å². The van der Waals surface area contributed by atoms with Crippen molar-refractivity contribution in [3.63, 3.8) is 0 Å². The number of halogens is 4. The number of rotatable bonds is 8. The van der Waals surface area contributed by atoms with Crippen LogP contribution in [0.15, 0.2) is 34.9 Å². The Morgan fingerprint density at radius 3 is 2.68 bits per heavy atom. The van der Waals surface area contributed by atoms with Gasteiger partial charge in [0, 0.05) is 44.2 Å². The molecule has 1 aliphatic rings. The molecule has 3 aromatic rings. The largest absolute Gasteiger partial charge is 0.439 e. The first-order valence-corrected chi connectivity index (χ1v) is 14.0. The molecule has 0 bridgehead atoms. The zero-order valence-electron chi connectivity index (χ0n) is 19.9. The Balaban J connectivity index is 1.54. The van der Waals surface area contributed by atoms with Gasteiger partial charge in [-0.15, -0.1) is 0 Å². The SMILES string of the molecule is Cn1ncc(Cl)c1-c1cc(C(=O)N[C@@H]2CNC(CCNS(C)(=O)=O)C[C@H]2c2ccc(F)c(F)c2)oc1Cl. The second kappa shape index (κ2) is 11.1. The average Bonchev–Trinajstić information content (AvgIpc) is 3.36. The van der Waals surface area contributed by atoms with E-state index in [1.165, 1.54) is 23.0 Å². The van der Waals surface area contributed by atoms with Crippen LogP contribution >= 0.6 is 23.2 Å². The second-order valence-electron chi connectivity index (χ2n) is 8.92. The first-order chi connectivity index (χ1) is 17.4. The van der Waals surface area contributed by atoms with Crippen LogP contribution in [-0.4, -0.2) is 55.5 Å². The van der Waals surface area contributed by atoms with Gasteiger partial charge >= 0.3 is 0 Å². The Hall–Kier alpha value is -2.51. The van der Waals surface area contributed by atoms with E-state index in [4.69, 9.17) is 27.6 Å². The molecule has 1 aliphatic heterocycles. The van der Waals surface area contributed by atoms with Gasteiger partial charge in [-0.05, 0) is 42.1 Å². The van der Waals surface area contributed by atoms with Crippen molar-refractivity contribution in [3.8, 4) is 11.3 Å². The first kappa shape index (κ1) is 27.5. The zero-order chi connectivity index (χ0) is 26.9. The van der Waals surface area contributed by atoms with Gasteiger partial charge in [0.05, 0.1) is 28.7 Å². The Kier molecular flexibility index (Phi) is 8.24. The van der Waals surface area contributed by atoms with Crippen molar-refractivity contribution in [2.45, 2.75) is 30.8 Å². The Morgan fingerprint density at radius 2 is 2.03 bits per heavy atom. The second-order valence-corrected chi connectivity index (χ2v) is 11.5. The molecule has 4 rings (SSSR count). The lowest BCUT2D eigenvalue weighted by atomic mass is 9.81. The van der Waals surface area contributed by atoms with Crippen LogP contribution in [0.2, 0.25) is 10.2 Å². The molecule has 3 N–H and O–H groups in total. The maximum absolute atomic E-state index is 14.1. The van der Waals surface area contributed by atoms with Gasteiger partial charge in [-0.1, -0.05) is 17.7 Å². The third kappa shape index (κ3) is 6.50. The summed E-state index contributed by atoms with van der Waals surface area (Å²) in [5.74, 6) is -2.96. The van der Waals surface area contributed by atoms with Gasteiger partial charge in [-0.25, -0.2) is 21.9 Å². The van der Waals surface area contributed by atoms with E-state index in [0.29, 0.717) is 41.2 Å². The third-order valence-corrected chi connectivity index (χ3v) is 7.54. The minimum Gasteiger partial charge on any atom is -0.439 e. The van der Waals surface area contributed by atoms with E-state index in [9.17, 15) is 22.0 Å². The fraction of sp³-hybridized carbons (Fsp3) is 0.391. The fourth-order valence-electron chi connectivity index (χ4n) is 4.49. The summed E-state index contributed by atoms with van der Waals surface area (Å²) < 4.78 is 59.9. The number of benzene rings is 1. The van der Waals surface area contributed by atoms with E-state index in [-0.39, 0.29) is 29.5 Å². The third-order valence-electron chi connectivity index (χ3n) is 6.26. The van der Waals surface area contributed by atoms with E-state index in [1.807, 2.05) is 0 Å². The molecule has 1 aromatic carbocycles. The normalized spacial score (nSPS) is 20.2. The van der Waals surface area contributed by atoms with Crippen molar-refractivity contribution in [2.24, 2.45) is 7.05 Å². The number of aromatic nitrogens is 2. The van der Waals surface area contributed by atoms with Crippen LogP contribution in [0.3, 0.4) is 0 Å². The summed E-state index contributed by atoms with van der Waals surface area (Å²) in [6.45, 7) is 0.510. The summed E-state index contributed by atoms with van der Waals surface area (Å²) in [6.07, 6.45) is 3.43. The molecule has 14 heteroatoms. The van der Waals surface area contributed by atoms with Crippen molar-refractivity contribution in [1.29, 1.82) is 0 Å². The maximum atomic E-state index is 14.1.